The summed E-state index contributed by atoms with van der Waals surface area (Å²) >= 11 is 1.28. The van der Waals surface area contributed by atoms with Crippen LogP contribution in [0.4, 0.5) is 17.6 Å². The Hall–Kier alpha value is -5.02. The van der Waals surface area contributed by atoms with Gasteiger partial charge in [-0.2, -0.15) is 10.1 Å². The quantitative estimate of drug-likeness (QED) is 0.0842. The van der Waals surface area contributed by atoms with Crippen molar-refractivity contribution in [2.24, 2.45) is 7.05 Å². The molecular formula is C35H35F4N7O3S. The Labute approximate surface area is 290 Å². The summed E-state index contributed by atoms with van der Waals surface area (Å²) in [4.78, 5) is 39.6. The summed E-state index contributed by atoms with van der Waals surface area (Å²) in [6, 6.07) is 15.1. The first kappa shape index (κ1) is 36.3. The van der Waals surface area contributed by atoms with Crippen molar-refractivity contribution in [1.29, 1.82) is 0 Å². The molecule has 15 heteroatoms. The van der Waals surface area contributed by atoms with E-state index in [0.29, 0.717) is 46.4 Å². The Kier molecular flexibility index (Phi) is 11.7. The van der Waals surface area contributed by atoms with Gasteiger partial charge in [0, 0.05) is 62.0 Å². The molecule has 0 spiro atoms. The van der Waals surface area contributed by atoms with Crippen LogP contribution < -0.4 is 10.3 Å². The minimum atomic E-state index is -4.78. The van der Waals surface area contributed by atoms with E-state index in [0.717, 1.165) is 11.1 Å². The number of alkyl halides is 3. The van der Waals surface area contributed by atoms with Crippen LogP contribution in [0.2, 0.25) is 0 Å². The number of carbonyl (C=O) groups excluding carboxylic acids is 1. The smallest absolute Gasteiger partial charge is 0.406 e. The maximum Gasteiger partial charge on any atom is 0.573 e. The van der Waals surface area contributed by atoms with Gasteiger partial charge in [-0.15, -0.1) is 13.2 Å². The van der Waals surface area contributed by atoms with E-state index in [9.17, 15) is 27.2 Å². The number of likely N-dealkylation sites (N-methyl/N-ethyl adjacent to an activating group) is 1. The molecule has 0 atom stereocenters. The summed E-state index contributed by atoms with van der Waals surface area (Å²) in [5, 5.41) is 4.53. The first-order valence-electron chi connectivity index (χ1n) is 15.5. The van der Waals surface area contributed by atoms with Crippen molar-refractivity contribution in [3.05, 3.63) is 124 Å². The van der Waals surface area contributed by atoms with E-state index in [4.69, 9.17) is 0 Å². The zero-order valence-electron chi connectivity index (χ0n) is 27.6. The lowest BCUT2D eigenvalue weighted by atomic mass is 10.1. The van der Waals surface area contributed by atoms with Gasteiger partial charge in [0.25, 0.3) is 5.56 Å². The molecule has 0 unspecified atom stereocenters. The van der Waals surface area contributed by atoms with Crippen LogP contribution in [0.1, 0.15) is 22.4 Å². The summed E-state index contributed by atoms with van der Waals surface area (Å²) in [7, 11) is 5.59. The molecule has 0 radical (unpaired) electrons. The van der Waals surface area contributed by atoms with Gasteiger partial charge in [0.1, 0.15) is 18.1 Å². The van der Waals surface area contributed by atoms with Crippen LogP contribution in [-0.2, 0) is 37.1 Å². The Balaban J connectivity index is 1.36. The van der Waals surface area contributed by atoms with Crippen LogP contribution in [0.15, 0.2) is 95.4 Å². The number of nitrogens with zero attached hydrogens (tertiary/aromatic N) is 7. The fraction of sp³-hybridized carbons (Fsp3) is 0.286. The highest BCUT2D eigenvalue weighted by Gasteiger charge is 2.31. The zero-order chi connectivity index (χ0) is 35.8. The lowest BCUT2D eigenvalue weighted by molar-refractivity contribution is -0.274. The van der Waals surface area contributed by atoms with E-state index in [1.165, 1.54) is 48.2 Å². The van der Waals surface area contributed by atoms with Gasteiger partial charge < -0.3 is 19.1 Å². The first-order chi connectivity index (χ1) is 23.8. The third-order valence-electron chi connectivity index (χ3n) is 7.54. The lowest BCUT2D eigenvalue weighted by Crippen LogP contribution is -2.39. The normalized spacial score (nSPS) is 11.6. The topological polar surface area (TPSA) is 98.4 Å². The van der Waals surface area contributed by atoms with Crippen LogP contribution >= 0.6 is 11.8 Å². The molecular weight excluding hydrogens is 674 g/mol. The predicted molar refractivity (Wildman–Crippen MR) is 181 cm³/mol. The Morgan fingerprint density at radius 1 is 0.920 bits per heavy atom. The average Bonchev–Trinajstić information content (AvgIpc) is 3.48. The molecule has 2 aromatic carbocycles. The molecule has 0 N–H and O–H groups in total. The van der Waals surface area contributed by atoms with Gasteiger partial charge in [0.05, 0.1) is 18.4 Å². The number of hydrogen-bond acceptors (Lipinski definition) is 8. The number of aryl methyl sites for hydroxylation is 1. The predicted octanol–water partition coefficient (Wildman–Crippen LogP) is 5.55. The molecule has 0 fully saturated rings. The van der Waals surface area contributed by atoms with Crippen LogP contribution in [0.5, 0.6) is 5.75 Å². The van der Waals surface area contributed by atoms with Crippen molar-refractivity contribution in [2.45, 2.75) is 36.8 Å². The van der Waals surface area contributed by atoms with Gasteiger partial charge in [-0.05, 0) is 61.1 Å². The van der Waals surface area contributed by atoms with E-state index >= 15 is 0 Å². The minimum Gasteiger partial charge on any atom is -0.406 e. The summed E-state index contributed by atoms with van der Waals surface area (Å²) < 4.78 is 58.4. The van der Waals surface area contributed by atoms with Crippen molar-refractivity contribution in [1.82, 2.24) is 34.1 Å². The molecule has 50 heavy (non-hydrogen) atoms. The highest BCUT2D eigenvalue weighted by Crippen LogP contribution is 2.27. The van der Waals surface area contributed by atoms with E-state index < -0.39 is 11.9 Å². The molecule has 0 saturated heterocycles. The Morgan fingerprint density at radius 3 is 2.26 bits per heavy atom. The van der Waals surface area contributed by atoms with Crippen LogP contribution in [-0.4, -0.2) is 73.6 Å². The zero-order valence-corrected chi connectivity index (χ0v) is 28.4. The number of hydrogen-bond donors (Lipinski definition) is 0. The van der Waals surface area contributed by atoms with Crippen molar-refractivity contribution in [3.63, 3.8) is 0 Å². The maximum absolute atomic E-state index is 14.0. The third-order valence-corrected chi connectivity index (χ3v) is 8.60. The van der Waals surface area contributed by atoms with Crippen LogP contribution in [0.3, 0.4) is 0 Å². The summed E-state index contributed by atoms with van der Waals surface area (Å²) in [5.41, 5.74) is 3.60. The second-order valence-corrected chi connectivity index (χ2v) is 12.8. The van der Waals surface area contributed by atoms with Crippen LogP contribution in [0.25, 0.3) is 11.1 Å². The number of benzene rings is 2. The number of rotatable bonds is 14. The van der Waals surface area contributed by atoms with Gasteiger partial charge in [0.15, 0.2) is 5.16 Å². The summed E-state index contributed by atoms with van der Waals surface area (Å²) in [5.74, 6) is -0.490. The molecule has 1 amide bonds. The van der Waals surface area contributed by atoms with Gasteiger partial charge in [-0.25, -0.2) is 4.39 Å². The second-order valence-electron chi connectivity index (χ2n) is 11.8. The number of halogens is 4. The van der Waals surface area contributed by atoms with Crippen LogP contribution in [0, 0.1) is 5.82 Å². The Bertz CT molecular complexity index is 1950. The lowest BCUT2D eigenvalue weighted by Gasteiger charge is -2.25. The monoisotopic (exact) mass is 709 g/mol. The highest BCUT2D eigenvalue weighted by molar-refractivity contribution is 7.98. The van der Waals surface area contributed by atoms with Gasteiger partial charge in [-0.1, -0.05) is 42.1 Å². The Morgan fingerprint density at radius 2 is 1.64 bits per heavy atom. The number of carbonyl (C=O) groups is 1. The van der Waals surface area contributed by atoms with Gasteiger partial charge in [0.2, 0.25) is 5.91 Å². The summed E-state index contributed by atoms with van der Waals surface area (Å²) in [6.45, 7) is 1.07. The summed E-state index contributed by atoms with van der Waals surface area (Å²) in [6.07, 6.45) is 2.26. The molecule has 0 aliphatic rings. The average molecular weight is 710 g/mol. The molecule has 3 heterocycles. The molecule has 5 aromatic rings. The molecule has 5 rings (SSSR count). The third kappa shape index (κ3) is 10.5. The van der Waals surface area contributed by atoms with Crippen molar-refractivity contribution < 1.29 is 27.1 Å². The molecule has 3 aromatic heterocycles. The molecule has 0 aliphatic heterocycles. The van der Waals surface area contributed by atoms with Crippen molar-refractivity contribution in [2.75, 3.05) is 27.2 Å². The number of pyridine rings is 1. The first-order valence-corrected chi connectivity index (χ1v) is 16.5. The van der Waals surface area contributed by atoms with Gasteiger partial charge >= 0.3 is 6.36 Å². The van der Waals surface area contributed by atoms with Gasteiger partial charge in [-0.3, -0.25) is 19.3 Å². The van der Waals surface area contributed by atoms with E-state index in [1.807, 2.05) is 25.2 Å². The fourth-order valence-corrected chi connectivity index (χ4v) is 5.89. The number of aromatic nitrogens is 5. The number of amides is 1. The van der Waals surface area contributed by atoms with E-state index in [2.05, 4.69) is 19.8 Å². The SMILES string of the molecule is CN(C)CCN(Cc1ccc(-c2ccc(OC(F)(F)F)cc2)cn1)C(=O)Cn1cc(Cc2cnn(C)c2)c(=O)nc1SCc1ccc(F)cc1. The second kappa shape index (κ2) is 16.1. The molecule has 0 aliphatic carbocycles. The highest BCUT2D eigenvalue weighted by atomic mass is 32.2. The standard InChI is InChI=1S/C35H35F4N7O3S/c1-43(2)14-15-45(21-30-11-6-27(18-40-30)26-7-12-31(13-8-26)49-35(37,38)39)32(47)22-46-20-28(16-25-17-41-44(3)19-25)33(48)42-34(46)50-23-24-4-9-29(36)10-5-24/h4-13,17-20H,14-16,21-23H2,1-3H3. The molecule has 262 valence electrons. The fourth-order valence-electron chi connectivity index (χ4n) is 4.97. The van der Waals surface area contributed by atoms with Crippen molar-refractivity contribution >= 4 is 17.7 Å². The number of thioether (sulfide) groups is 1. The molecule has 10 nitrogen and oxygen atoms in total. The minimum absolute atomic E-state index is 0.100. The largest absolute Gasteiger partial charge is 0.573 e. The van der Waals surface area contributed by atoms with Crippen molar-refractivity contribution in [3.8, 4) is 16.9 Å². The number of ether oxygens (including phenoxy) is 1. The van der Waals surface area contributed by atoms with E-state index in [1.54, 1.807) is 64.1 Å². The maximum atomic E-state index is 14.0. The molecule has 0 saturated carbocycles. The van der Waals surface area contributed by atoms with E-state index in [-0.39, 0.29) is 37.0 Å². The molecule has 0 bridgehead atoms.